The molecule has 0 aliphatic carbocycles. The van der Waals surface area contributed by atoms with Crippen molar-refractivity contribution in [3.63, 3.8) is 0 Å². The predicted octanol–water partition coefficient (Wildman–Crippen LogP) is 1.85. The van der Waals surface area contributed by atoms with E-state index in [9.17, 15) is 27.2 Å². The first-order valence-corrected chi connectivity index (χ1v) is 5.49. The van der Waals surface area contributed by atoms with Gasteiger partial charge in [-0.2, -0.15) is 0 Å². The van der Waals surface area contributed by atoms with Gasteiger partial charge in [0.05, 0.1) is 13.0 Å². The highest BCUT2D eigenvalue weighted by Gasteiger charge is 2.33. The topological polar surface area (TPSA) is 68.4 Å². The van der Waals surface area contributed by atoms with Gasteiger partial charge in [0.2, 0.25) is 5.88 Å². The molecule has 0 saturated heterocycles. The molecule has 1 aromatic rings. The van der Waals surface area contributed by atoms with Crippen LogP contribution in [-0.2, 0) is 22.6 Å². The molecule has 0 bridgehead atoms. The van der Waals surface area contributed by atoms with E-state index in [0.29, 0.717) is 0 Å². The number of pyridine rings is 1. The van der Waals surface area contributed by atoms with E-state index in [1.807, 2.05) is 0 Å². The van der Waals surface area contributed by atoms with Gasteiger partial charge in [-0.05, 0) is 13.0 Å². The second kappa shape index (κ2) is 6.40. The highest BCUT2D eigenvalue weighted by molar-refractivity contribution is 5.72. The molecule has 0 radical (unpaired) electrons. The summed E-state index contributed by atoms with van der Waals surface area (Å²) in [5.74, 6) is -1.77. The van der Waals surface area contributed by atoms with Crippen molar-refractivity contribution in [2.24, 2.45) is 0 Å². The lowest BCUT2D eigenvalue weighted by Crippen LogP contribution is -2.24. The molecule has 9 heteroatoms. The molecule has 0 saturated carbocycles. The summed E-state index contributed by atoms with van der Waals surface area (Å²) in [4.78, 5) is 24.5. The highest BCUT2D eigenvalue weighted by atomic mass is 19.4. The van der Waals surface area contributed by atoms with Gasteiger partial charge in [-0.15, -0.1) is 13.2 Å². The zero-order chi connectivity index (χ0) is 15.3. The molecule has 0 aliphatic heterocycles. The summed E-state index contributed by atoms with van der Waals surface area (Å²) in [7, 11) is 0. The van der Waals surface area contributed by atoms with Crippen LogP contribution in [0.15, 0.2) is 10.9 Å². The highest BCUT2D eigenvalue weighted by Crippen LogP contribution is 2.24. The molecule has 1 heterocycles. The van der Waals surface area contributed by atoms with Crippen molar-refractivity contribution >= 4 is 5.97 Å². The first kappa shape index (κ1) is 16.0. The number of aromatic nitrogens is 1. The van der Waals surface area contributed by atoms with E-state index >= 15 is 0 Å². The summed E-state index contributed by atoms with van der Waals surface area (Å²) in [6.45, 7) is 0.343. The molecule has 112 valence electrons. The standard InChI is InChI=1S/C11H11F4NO4/c1-2-19-8(17)4-6-3-7(5-12)10(16-9(6)18)20-11(13,14)15/h3H,2,4-5H2,1H3,(H,16,18). The van der Waals surface area contributed by atoms with Crippen molar-refractivity contribution in [1.82, 2.24) is 4.98 Å². The lowest BCUT2D eigenvalue weighted by atomic mass is 10.1. The molecule has 1 rings (SSSR count). The number of alkyl halides is 4. The van der Waals surface area contributed by atoms with E-state index in [1.165, 1.54) is 0 Å². The number of ether oxygens (including phenoxy) is 2. The average molecular weight is 297 g/mol. The molecule has 0 amide bonds. The Hall–Kier alpha value is -2.06. The third-order valence-corrected chi connectivity index (χ3v) is 2.16. The molecule has 0 atom stereocenters. The second-order valence-electron chi connectivity index (χ2n) is 3.64. The number of halogens is 4. The van der Waals surface area contributed by atoms with Gasteiger partial charge in [-0.1, -0.05) is 0 Å². The fraction of sp³-hybridized carbons (Fsp3) is 0.455. The average Bonchev–Trinajstić information content (AvgIpc) is 2.31. The number of carbonyl (C=O) groups excluding carboxylic acids is 1. The minimum atomic E-state index is -5.06. The van der Waals surface area contributed by atoms with Crippen molar-refractivity contribution < 1.29 is 31.8 Å². The Kier molecular flexibility index (Phi) is 5.12. The van der Waals surface area contributed by atoms with E-state index in [2.05, 4.69) is 9.47 Å². The first-order valence-electron chi connectivity index (χ1n) is 5.49. The van der Waals surface area contributed by atoms with Gasteiger partial charge < -0.3 is 9.47 Å². The molecule has 0 spiro atoms. The second-order valence-corrected chi connectivity index (χ2v) is 3.64. The first-order chi connectivity index (χ1) is 9.26. The summed E-state index contributed by atoms with van der Waals surface area (Å²) in [6, 6.07) is 0.844. The van der Waals surface area contributed by atoms with Crippen molar-refractivity contribution in [3.8, 4) is 5.88 Å². The Morgan fingerprint density at radius 3 is 2.50 bits per heavy atom. The SMILES string of the molecule is CCOC(=O)Cc1cc(CF)c(OC(F)(F)F)[nH]c1=O. The van der Waals surface area contributed by atoms with Gasteiger partial charge in [-0.25, -0.2) is 4.39 Å². The number of esters is 1. The molecular formula is C11H11F4NO4. The van der Waals surface area contributed by atoms with Gasteiger partial charge in [0.25, 0.3) is 5.56 Å². The van der Waals surface area contributed by atoms with Gasteiger partial charge >= 0.3 is 12.3 Å². The number of rotatable bonds is 5. The Morgan fingerprint density at radius 2 is 2.00 bits per heavy atom. The van der Waals surface area contributed by atoms with E-state index in [1.54, 1.807) is 11.9 Å². The van der Waals surface area contributed by atoms with Crippen LogP contribution < -0.4 is 10.3 Å². The summed E-state index contributed by atoms with van der Waals surface area (Å²) >= 11 is 0. The lowest BCUT2D eigenvalue weighted by Gasteiger charge is -2.12. The zero-order valence-corrected chi connectivity index (χ0v) is 10.3. The molecule has 0 aromatic carbocycles. The molecule has 5 nitrogen and oxygen atoms in total. The smallest absolute Gasteiger partial charge is 0.466 e. The Morgan fingerprint density at radius 1 is 1.35 bits per heavy atom. The molecule has 0 unspecified atom stereocenters. The van der Waals surface area contributed by atoms with Gasteiger partial charge in [0.1, 0.15) is 6.67 Å². The monoisotopic (exact) mass is 297 g/mol. The summed E-state index contributed by atoms with van der Waals surface area (Å²) in [5.41, 5.74) is -1.69. The number of aromatic amines is 1. The fourth-order valence-electron chi connectivity index (χ4n) is 1.41. The largest absolute Gasteiger partial charge is 0.574 e. The Labute approximate surface area is 110 Å². The summed E-state index contributed by atoms with van der Waals surface area (Å²) in [6.07, 6.45) is -5.53. The van der Waals surface area contributed by atoms with Crippen LogP contribution in [0.2, 0.25) is 0 Å². The predicted molar refractivity (Wildman–Crippen MR) is 58.9 cm³/mol. The lowest BCUT2D eigenvalue weighted by molar-refractivity contribution is -0.276. The quantitative estimate of drug-likeness (QED) is 0.665. The van der Waals surface area contributed by atoms with E-state index in [4.69, 9.17) is 0 Å². The molecule has 1 aromatic heterocycles. The van der Waals surface area contributed by atoms with E-state index in [-0.39, 0.29) is 12.2 Å². The maximum absolute atomic E-state index is 12.7. The Bertz CT molecular complexity index is 538. The number of hydrogen-bond acceptors (Lipinski definition) is 4. The number of nitrogens with one attached hydrogen (secondary N) is 1. The maximum atomic E-state index is 12.7. The van der Waals surface area contributed by atoms with Crippen LogP contribution in [0.1, 0.15) is 18.1 Å². The third kappa shape index (κ3) is 4.56. The number of H-pyrrole nitrogens is 1. The number of hydrogen-bond donors (Lipinski definition) is 1. The van der Waals surface area contributed by atoms with Crippen LogP contribution in [0, 0.1) is 0 Å². The van der Waals surface area contributed by atoms with Crippen LogP contribution in [0.4, 0.5) is 17.6 Å². The maximum Gasteiger partial charge on any atom is 0.574 e. The Balaban J connectivity index is 3.07. The van der Waals surface area contributed by atoms with Gasteiger partial charge in [0, 0.05) is 11.1 Å². The molecule has 1 N–H and O–H groups in total. The summed E-state index contributed by atoms with van der Waals surface area (Å²) < 4.78 is 56.9. The fourth-order valence-corrected chi connectivity index (χ4v) is 1.41. The van der Waals surface area contributed by atoms with Crippen LogP contribution in [0.3, 0.4) is 0 Å². The van der Waals surface area contributed by atoms with Crippen molar-refractivity contribution in [1.29, 1.82) is 0 Å². The van der Waals surface area contributed by atoms with Crippen LogP contribution >= 0.6 is 0 Å². The van der Waals surface area contributed by atoms with Gasteiger partial charge in [0.15, 0.2) is 0 Å². The van der Waals surface area contributed by atoms with E-state index in [0.717, 1.165) is 6.07 Å². The number of carbonyl (C=O) groups is 1. The molecule has 0 aliphatic rings. The van der Waals surface area contributed by atoms with Crippen LogP contribution in [0.25, 0.3) is 0 Å². The molecule has 20 heavy (non-hydrogen) atoms. The van der Waals surface area contributed by atoms with Crippen molar-refractivity contribution in [2.75, 3.05) is 6.61 Å². The molecular weight excluding hydrogens is 286 g/mol. The minimum absolute atomic E-state index is 0.0853. The van der Waals surface area contributed by atoms with E-state index < -0.39 is 42.4 Å². The summed E-state index contributed by atoms with van der Waals surface area (Å²) in [5, 5.41) is 0. The van der Waals surface area contributed by atoms with Crippen LogP contribution in [-0.4, -0.2) is 23.9 Å². The van der Waals surface area contributed by atoms with Crippen molar-refractivity contribution in [2.45, 2.75) is 26.4 Å². The third-order valence-electron chi connectivity index (χ3n) is 2.16. The zero-order valence-electron chi connectivity index (χ0n) is 10.3. The minimum Gasteiger partial charge on any atom is -0.466 e. The normalized spacial score (nSPS) is 11.2. The van der Waals surface area contributed by atoms with Crippen molar-refractivity contribution in [3.05, 3.63) is 27.5 Å². The molecule has 0 fully saturated rings. The van der Waals surface area contributed by atoms with Gasteiger partial charge in [-0.3, -0.25) is 14.6 Å². The van der Waals surface area contributed by atoms with Crippen LogP contribution in [0.5, 0.6) is 5.88 Å².